The summed E-state index contributed by atoms with van der Waals surface area (Å²) in [7, 11) is 0. The predicted octanol–water partition coefficient (Wildman–Crippen LogP) is 2.88. The van der Waals surface area contributed by atoms with Crippen molar-refractivity contribution in [1.82, 2.24) is 10.2 Å². The molecule has 1 rings (SSSR count). The van der Waals surface area contributed by atoms with E-state index < -0.39 is 0 Å². The Balaban J connectivity index is 2.27. The average molecular weight is 282 g/mol. The number of hydrogen-bond donors (Lipinski definition) is 0. The van der Waals surface area contributed by atoms with Gasteiger partial charge >= 0.3 is 0 Å². The van der Waals surface area contributed by atoms with Crippen molar-refractivity contribution in [2.75, 3.05) is 0 Å². The van der Waals surface area contributed by atoms with Gasteiger partial charge in [0.15, 0.2) is 3.01 Å². The maximum Gasteiger partial charge on any atom is 0.178 e. The molecule has 0 amide bonds. The quantitative estimate of drug-likeness (QED) is 0.627. The standard InChI is InChI=1S/C7H11IN2S/c1-2-3-4-5-6-9-10-7(8)11-6/h2-5H2,1H3. The highest BCUT2D eigenvalue weighted by molar-refractivity contribution is 14.1. The molecule has 11 heavy (non-hydrogen) atoms. The molecule has 62 valence electrons. The van der Waals surface area contributed by atoms with E-state index in [1.165, 1.54) is 24.3 Å². The Bertz CT molecular complexity index is 212. The lowest BCUT2D eigenvalue weighted by molar-refractivity contribution is 0.710. The lowest BCUT2D eigenvalue weighted by Gasteiger charge is -1.91. The summed E-state index contributed by atoms with van der Waals surface area (Å²) >= 11 is 3.91. The molecule has 4 heteroatoms. The first-order valence-corrected chi connectivity index (χ1v) is 5.70. The van der Waals surface area contributed by atoms with Crippen LogP contribution in [-0.2, 0) is 6.42 Å². The van der Waals surface area contributed by atoms with Crippen molar-refractivity contribution < 1.29 is 0 Å². The van der Waals surface area contributed by atoms with Crippen LogP contribution in [-0.4, -0.2) is 10.2 Å². The molecule has 0 saturated carbocycles. The second kappa shape index (κ2) is 5.03. The van der Waals surface area contributed by atoms with Crippen molar-refractivity contribution in [3.63, 3.8) is 0 Å². The van der Waals surface area contributed by atoms with Crippen molar-refractivity contribution >= 4 is 33.9 Å². The number of halogens is 1. The molecule has 0 aromatic carbocycles. The van der Waals surface area contributed by atoms with Gasteiger partial charge in [-0.1, -0.05) is 31.1 Å². The lowest BCUT2D eigenvalue weighted by Crippen LogP contribution is -1.83. The van der Waals surface area contributed by atoms with E-state index in [0.717, 1.165) is 9.44 Å². The molecule has 1 heterocycles. The third-order valence-corrected chi connectivity index (χ3v) is 3.08. The monoisotopic (exact) mass is 282 g/mol. The third-order valence-electron chi connectivity index (χ3n) is 1.44. The molecule has 0 aliphatic heterocycles. The fourth-order valence-corrected chi connectivity index (χ4v) is 2.33. The van der Waals surface area contributed by atoms with E-state index in [4.69, 9.17) is 0 Å². The number of hydrogen-bond acceptors (Lipinski definition) is 3. The zero-order valence-electron chi connectivity index (χ0n) is 6.51. The average Bonchev–Trinajstić information content (AvgIpc) is 2.37. The molecule has 0 saturated heterocycles. The Labute approximate surface area is 84.6 Å². The molecular weight excluding hydrogens is 271 g/mol. The van der Waals surface area contributed by atoms with Crippen LogP contribution >= 0.6 is 33.9 Å². The van der Waals surface area contributed by atoms with Gasteiger partial charge in [-0.25, -0.2) is 0 Å². The summed E-state index contributed by atoms with van der Waals surface area (Å²) in [6, 6.07) is 0. The van der Waals surface area contributed by atoms with E-state index in [-0.39, 0.29) is 0 Å². The van der Waals surface area contributed by atoms with E-state index in [1.807, 2.05) is 0 Å². The molecule has 0 N–H and O–H groups in total. The van der Waals surface area contributed by atoms with Crippen LogP contribution in [0, 0.1) is 3.01 Å². The first-order valence-electron chi connectivity index (χ1n) is 3.81. The lowest BCUT2D eigenvalue weighted by atomic mass is 10.2. The highest BCUT2D eigenvalue weighted by Gasteiger charge is 1.99. The third kappa shape index (κ3) is 3.46. The Kier molecular flexibility index (Phi) is 4.29. The molecule has 0 atom stereocenters. The van der Waals surface area contributed by atoms with Gasteiger partial charge < -0.3 is 0 Å². The topological polar surface area (TPSA) is 25.8 Å². The van der Waals surface area contributed by atoms with Gasteiger partial charge in [0.2, 0.25) is 0 Å². The Morgan fingerprint density at radius 3 is 2.73 bits per heavy atom. The summed E-state index contributed by atoms with van der Waals surface area (Å²) in [6.45, 7) is 2.21. The normalized spacial score (nSPS) is 10.4. The van der Waals surface area contributed by atoms with Crippen LogP contribution in [0.5, 0.6) is 0 Å². The predicted molar refractivity (Wildman–Crippen MR) is 55.9 cm³/mol. The largest absolute Gasteiger partial charge is 0.178 e. The molecular formula is C7H11IN2S. The number of rotatable bonds is 4. The Morgan fingerprint density at radius 2 is 2.18 bits per heavy atom. The first kappa shape index (κ1) is 9.38. The van der Waals surface area contributed by atoms with Gasteiger partial charge in [0.25, 0.3) is 0 Å². The zero-order valence-corrected chi connectivity index (χ0v) is 9.48. The molecule has 2 nitrogen and oxygen atoms in total. The molecule has 0 spiro atoms. The van der Waals surface area contributed by atoms with Crippen LogP contribution < -0.4 is 0 Å². The second-order valence-corrected chi connectivity index (χ2v) is 5.22. The molecule has 0 radical (unpaired) electrons. The van der Waals surface area contributed by atoms with Crippen LogP contribution in [0.3, 0.4) is 0 Å². The summed E-state index contributed by atoms with van der Waals surface area (Å²) in [5.74, 6) is 0. The van der Waals surface area contributed by atoms with Gasteiger partial charge in [-0.15, -0.1) is 10.2 Å². The van der Waals surface area contributed by atoms with Crippen molar-refractivity contribution in [2.24, 2.45) is 0 Å². The highest BCUT2D eigenvalue weighted by Crippen LogP contribution is 2.14. The number of unbranched alkanes of at least 4 members (excludes halogenated alkanes) is 2. The summed E-state index contributed by atoms with van der Waals surface area (Å²) in [6.07, 6.45) is 4.93. The highest BCUT2D eigenvalue weighted by atomic mass is 127. The fraction of sp³-hybridized carbons (Fsp3) is 0.714. The van der Waals surface area contributed by atoms with Gasteiger partial charge in [-0.2, -0.15) is 0 Å². The molecule has 0 unspecified atom stereocenters. The molecule has 0 aliphatic rings. The minimum absolute atomic E-state index is 1.05. The summed E-state index contributed by atoms with van der Waals surface area (Å²) in [5, 5.41) is 9.18. The van der Waals surface area contributed by atoms with E-state index in [1.54, 1.807) is 11.3 Å². The van der Waals surface area contributed by atoms with Gasteiger partial charge in [0, 0.05) is 6.42 Å². The van der Waals surface area contributed by atoms with Gasteiger partial charge in [0.1, 0.15) is 5.01 Å². The van der Waals surface area contributed by atoms with E-state index >= 15 is 0 Å². The first-order chi connectivity index (χ1) is 5.33. The van der Waals surface area contributed by atoms with Crippen molar-refractivity contribution in [3.05, 3.63) is 8.02 Å². The van der Waals surface area contributed by atoms with Crippen LogP contribution in [0.2, 0.25) is 0 Å². The van der Waals surface area contributed by atoms with Gasteiger partial charge in [-0.05, 0) is 29.0 Å². The molecule has 0 bridgehead atoms. The minimum atomic E-state index is 1.05. The van der Waals surface area contributed by atoms with Crippen molar-refractivity contribution in [2.45, 2.75) is 32.6 Å². The smallest absolute Gasteiger partial charge is 0.143 e. The maximum atomic E-state index is 4.05. The molecule has 1 aromatic heterocycles. The van der Waals surface area contributed by atoms with Gasteiger partial charge in [-0.3, -0.25) is 0 Å². The fourth-order valence-electron chi connectivity index (χ4n) is 0.860. The number of aryl methyl sites for hydroxylation is 1. The SMILES string of the molecule is CCCCCc1nnc(I)s1. The summed E-state index contributed by atoms with van der Waals surface area (Å²) in [5.41, 5.74) is 0. The minimum Gasteiger partial charge on any atom is -0.143 e. The van der Waals surface area contributed by atoms with Crippen LogP contribution in [0.4, 0.5) is 0 Å². The number of nitrogens with zero attached hydrogens (tertiary/aromatic N) is 2. The number of aromatic nitrogens is 2. The van der Waals surface area contributed by atoms with E-state index in [9.17, 15) is 0 Å². The second-order valence-electron chi connectivity index (χ2n) is 2.41. The summed E-state index contributed by atoms with van der Waals surface area (Å²) in [4.78, 5) is 0. The maximum absolute atomic E-state index is 4.05. The Morgan fingerprint density at radius 1 is 1.36 bits per heavy atom. The molecule has 0 aliphatic carbocycles. The molecule has 0 fully saturated rings. The van der Waals surface area contributed by atoms with E-state index in [0.29, 0.717) is 0 Å². The van der Waals surface area contributed by atoms with Crippen LogP contribution in [0.15, 0.2) is 0 Å². The van der Waals surface area contributed by atoms with Crippen molar-refractivity contribution in [1.29, 1.82) is 0 Å². The van der Waals surface area contributed by atoms with Crippen molar-refractivity contribution in [3.8, 4) is 0 Å². The Hall–Kier alpha value is 0.290. The molecule has 1 aromatic rings. The van der Waals surface area contributed by atoms with E-state index in [2.05, 4.69) is 39.7 Å². The van der Waals surface area contributed by atoms with Crippen LogP contribution in [0.1, 0.15) is 31.2 Å². The van der Waals surface area contributed by atoms with Gasteiger partial charge in [0.05, 0.1) is 0 Å². The summed E-state index contributed by atoms with van der Waals surface area (Å²) < 4.78 is 1.05. The zero-order chi connectivity index (χ0) is 8.10. The van der Waals surface area contributed by atoms with Crippen LogP contribution in [0.25, 0.3) is 0 Å².